The summed E-state index contributed by atoms with van der Waals surface area (Å²) < 4.78 is 10.8. The van der Waals surface area contributed by atoms with Crippen LogP contribution in [0.2, 0.25) is 0 Å². The van der Waals surface area contributed by atoms with E-state index < -0.39 is 0 Å². The summed E-state index contributed by atoms with van der Waals surface area (Å²) in [5, 5.41) is 13.0. The van der Waals surface area contributed by atoms with E-state index in [-0.39, 0.29) is 5.75 Å². The first-order valence-corrected chi connectivity index (χ1v) is 6.84. The van der Waals surface area contributed by atoms with Gasteiger partial charge in [-0.25, -0.2) is 0 Å². The zero-order valence-electron chi connectivity index (χ0n) is 12.5. The van der Waals surface area contributed by atoms with E-state index in [4.69, 9.17) is 9.47 Å². The smallest absolute Gasteiger partial charge is 0.162 e. The molecule has 0 radical (unpaired) electrons. The molecule has 112 valence electrons. The second kappa shape index (κ2) is 6.83. The molecule has 21 heavy (non-hydrogen) atoms. The number of hydrogen-bond acceptors (Lipinski definition) is 5. The molecule has 1 heterocycles. The maximum atomic E-state index is 9.78. The Labute approximate surface area is 124 Å². The molecule has 5 nitrogen and oxygen atoms in total. The molecule has 0 unspecified atom stereocenters. The number of methoxy groups -OCH3 is 1. The Morgan fingerprint density at radius 1 is 1.19 bits per heavy atom. The van der Waals surface area contributed by atoms with Gasteiger partial charge in [0, 0.05) is 17.4 Å². The summed E-state index contributed by atoms with van der Waals surface area (Å²) >= 11 is 0. The highest BCUT2D eigenvalue weighted by molar-refractivity contribution is 5.55. The van der Waals surface area contributed by atoms with Crippen molar-refractivity contribution in [3.05, 3.63) is 41.7 Å². The molecule has 0 atom stereocenters. The van der Waals surface area contributed by atoms with E-state index in [2.05, 4.69) is 10.3 Å². The van der Waals surface area contributed by atoms with Crippen LogP contribution >= 0.6 is 0 Å². The fourth-order valence-corrected chi connectivity index (χ4v) is 1.97. The summed E-state index contributed by atoms with van der Waals surface area (Å²) in [6.45, 7) is 4.84. The summed E-state index contributed by atoms with van der Waals surface area (Å²) in [5.74, 6) is 1.57. The van der Waals surface area contributed by atoms with Gasteiger partial charge < -0.3 is 19.9 Å². The Balaban J connectivity index is 2.11. The highest BCUT2D eigenvalue weighted by Crippen LogP contribution is 2.30. The van der Waals surface area contributed by atoms with Gasteiger partial charge in [-0.1, -0.05) is 0 Å². The quantitative estimate of drug-likeness (QED) is 0.855. The van der Waals surface area contributed by atoms with Crippen molar-refractivity contribution < 1.29 is 14.6 Å². The number of pyridine rings is 1. The molecule has 0 saturated heterocycles. The summed E-state index contributed by atoms with van der Waals surface area (Å²) in [6.07, 6.45) is 0. The molecule has 2 aromatic rings. The van der Waals surface area contributed by atoms with Gasteiger partial charge in [0.1, 0.15) is 11.4 Å². The Morgan fingerprint density at radius 3 is 2.71 bits per heavy atom. The lowest BCUT2D eigenvalue weighted by atomic mass is 10.2. The average Bonchev–Trinajstić information content (AvgIpc) is 2.49. The van der Waals surface area contributed by atoms with E-state index in [1.54, 1.807) is 19.2 Å². The second-order valence-electron chi connectivity index (χ2n) is 4.57. The van der Waals surface area contributed by atoms with Crippen LogP contribution in [0, 0.1) is 6.92 Å². The molecular weight excluding hydrogens is 268 g/mol. The van der Waals surface area contributed by atoms with Gasteiger partial charge >= 0.3 is 0 Å². The molecule has 0 fully saturated rings. The van der Waals surface area contributed by atoms with E-state index in [0.717, 1.165) is 11.4 Å². The minimum Gasteiger partial charge on any atom is -0.506 e. The maximum Gasteiger partial charge on any atom is 0.162 e. The lowest BCUT2D eigenvalue weighted by Crippen LogP contribution is -2.03. The summed E-state index contributed by atoms with van der Waals surface area (Å²) in [5.41, 5.74) is 2.36. The number of aromatic hydroxyl groups is 1. The van der Waals surface area contributed by atoms with Crippen LogP contribution in [0.25, 0.3) is 0 Å². The third-order valence-electron chi connectivity index (χ3n) is 3.01. The predicted molar refractivity (Wildman–Crippen MR) is 82.1 cm³/mol. The van der Waals surface area contributed by atoms with Crippen molar-refractivity contribution in [3.8, 4) is 17.2 Å². The highest BCUT2D eigenvalue weighted by Gasteiger charge is 2.07. The molecule has 0 saturated carbocycles. The highest BCUT2D eigenvalue weighted by atomic mass is 16.5. The van der Waals surface area contributed by atoms with Crippen LogP contribution in [-0.2, 0) is 6.54 Å². The van der Waals surface area contributed by atoms with Gasteiger partial charge in [0.25, 0.3) is 0 Å². The molecule has 0 spiro atoms. The SMILES string of the molecule is CCOc1ccc(NCc2nc(C)ccc2O)cc1OC. The molecule has 0 bridgehead atoms. The van der Waals surface area contributed by atoms with Crippen LogP contribution in [0.4, 0.5) is 5.69 Å². The maximum absolute atomic E-state index is 9.78. The zero-order valence-corrected chi connectivity index (χ0v) is 12.5. The van der Waals surface area contributed by atoms with E-state index >= 15 is 0 Å². The standard InChI is InChI=1S/C16H20N2O3/c1-4-21-15-8-6-12(9-16(15)20-3)17-10-13-14(19)7-5-11(2)18-13/h5-9,17,19H,4,10H2,1-3H3. The first-order valence-electron chi connectivity index (χ1n) is 6.84. The van der Waals surface area contributed by atoms with Crippen molar-refractivity contribution in [2.24, 2.45) is 0 Å². The van der Waals surface area contributed by atoms with Crippen LogP contribution in [0.5, 0.6) is 17.2 Å². The van der Waals surface area contributed by atoms with Gasteiger partial charge in [-0.3, -0.25) is 4.98 Å². The van der Waals surface area contributed by atoms with Crippen molar-refractivity contribution >= 4 is 5.69 Å². The first kappa shape index (κ1) is 15.0. The molecule has 2 N–H and O–H groups in total. The monoisotopic (exact) mass is 288 g/mol. The number of aromatic nitrogens is 1. The predicted octanol–water partition coefficient (Wildman–Crippen LogP) is 3.12. The molecule has 1 aromatic carbocycles. The number of nitrogens with one attached hydrogen (secondary N) is 1. The molecule has 0 aliphatic carbocycles. The van der Waals surface area contributed by atoms with Crippen LogP contribution in [-0.4, -0.2) is 23.8 Å². The van der Waals surface area contributed by atoms with Crippen molar-refractivity contribution in [3.63, 3.8) is 0 Å². The zero-order chi connectivity index (χ0) is 15.2. The van der Waals surface area contributed by atoms with Crippen molar-refractivity contribution in [2.45, 2.75) is 20.4 Å². The summed E-state index contributed by atoms with van der Waals surface area (Å²) in [7, 11) is 1.61. The van der Waals surface area contributed by atoms with Crippen LogP contribution < -0.4 is 14.8 Å². The van der Waals surface area contributed by atoms with E-state index in [1.807, 2.05) is 32.0 Å². The Kier molecular flexibility index (Phi) is 4.87. The Bertz CT molecular complexity index is 614. The fourth-order valence-electron chi connectivity index (χ4n) is 1.97. The minimum absolute atomic E-state index is 0.186. The van der Waals surface area contributed by atoms with Crippen LogP contribution in [0.15, 0.2) is 30.3 Å². The van der Waals surface area contributed by atoms with Crippen molar-refractivity contribution in [1.29, 1.82) is 0 Å². The van der Waals surface area contributed by atoms with Crippen molar-refractivity contribution in [2.75, 3.05) is 19.0 Å². The molecule has 5 heteroatoms. The molecule has 0 aliphatic rings. The molecule has 0 aliphatic heterocycles. The molecule has 2 rings (SSSR count). The molecular formula is C16H20N2O3. The third-order valence-corrected chi connectivity index (χ3v) is 3.01. The molecule has 0 amide bonds. The van der Waals surface area contributed by atoms with Gasteiger partial charge in [0.2, 0.25) is 0 Å². The van der Waals surface area contributed by atoms with Gasteiger partial charge in [-0.2, -0.15) is 0 Å². The number of benzene rings is 1. The lowest BCUT2D eigenvalue weighted by molar-refractivity contribution is 0.311. The molecule has 1 aromatic heterocycles. The summed E-state index contributed by atoms with van der Waals surface area (Å²) in [4.78, 5) is 4.31. The fraction of sp³-hybridized carbons (Fsp3) is 0.312. The first-order chi connectivity index (χ1) is 10.1. The Hall–Kier alpha value is -2.43. The number of hydrogen-bond donors (Lipinski definition) is 2. The minimum atomic E-state index is 0.186. The second-order valence-corrected chi connectivity index (χ2v) is 4.57. The van der Waals surface area contributed by atoms with Crippen molar-refractivity contribution in [1.82, 2.24) is 4.98 Å². The van der Waals surface area contributed by atoms with Gasteiger partial charge in [-0.05, 0) is 38.1 Å². The number of rotatable bonds is 6. The summed E-state index contributed by atoms with van der Waals surface area (Å²) in [6, 6.07) is 9.04. The largest absolute Gasteiger partial charge is 0.506 e. The van der Waals surface area contributed by atoms with Crippen LogP contribution in [0.1, 0.15) is 18.3 Å². The third kappa shape index (κ3) is 3.78. The van der Waals surface area contributed by atoms with Gasteiger partial charge in [-0.15, -0.1) is 0 Å². The Morgan fingerprint density at radius 2 is 2.00 bits per heavy atom. The van der Waals surface area contributed by atoms with Gasteiger partial charge in [0.15, 0.2) is 11.5 Å². The normalized spacial score (nSPS) is 10.2. The number of anilines is 1. The van der Waals surface area contributed by atoms with E-state index in [0.29, 0.717) is 30.3 Å². The van der Waals surface area contributed by atoms with Gasteiger partial charge in [0.05, 0.1) is 20.3 Å². The lowest BCUT2D eigenvalue weighted by Gasteiger charge is -2.12. The topological polar surface area (TPSA) is 63.6 Å². The number of aryl methyl sites for hydroxylation is 1. The average molecular weight is 288 g/mol. The number of nitrogens with zero attached hydrogens (tertiary/aromatic N) is 1. The van der Waals surface area contributed by atoms with E-state index in [9.17, 15) is 5.11 Å². The number of ether oxygens (including phenoxy) is 2. The van der Waals surface area contributed by atoms with E-state index in [1.165, 1.54) is 0 Å². The van der Waals surface area contributed by atoms with Crippen LogP contribution in [0.3, 0.4) is 0 Å².